The van der Waals surface area contributed by atoms with Crippen molar-refractivity contribution < 1.29 is 28.5 Å². The number of rotatable bonds is 5. The highest BCUT2D eigenvalue weighted by Gasteiger charge is 2.57. The molecular weight excluding hydrogens is 396 g/mol. The molecule has 1 aliphatic heterocycles. The fraction of sp³-hybridized carbons (Fsp3) is 0.200. The summed E-state index contributed by atoms with van der Waals surface area (Å²) >= 11 is 0. The van der Waals surface area contributed by atoms with Gasteiger partial charge >= 0.3 is 5.97 Å². The lowest BCUT2D eigenvalue weighted by Gasteiger charge is -2.39. The molecule has 3 aromatic rings. The summed E-state index contributed by atoms with van der Waals surface area (Å²) in [5.41, 5.74) is -0.135. The summed E-state index contributed by atoms with van der Waals surface area (Å²) in [4.78, 5) is 27.4. The minimum Gasteiger partial charge on any atom is -0.497 e. The number of ether oxygens (including phenoxy) is 4. The Bertz CT molecular complexity index is 1100. The molecule has 0 spiro atoms. The average Bonchev–Trinajstić information content (AvgIpc) is 2.83. The number of esters is 1. The monoisotopic (exact) mass is 418 g/mol. The van der Waals surface area contributed by atoms with Crippen LogP contribution in [-0.4, -0.2) is 33.1 Å². The van der Waals surface area contributed by atoms with Gasteiger partial charge in [0.1, 0.15) is 17.2 Å². The molecule has 3 aromatic carbocycles. The van der Waals surface area contributed by atoms with Crippen LogP contribution in [0.25, 0.3) is 0 Å². The number of para-hydroxylation sites is 1. The van der Waals surface area contributed by atoms with Gasteiger partial charge in [0.25, 0.3) is 0 Å². The highest BCUT2D eigenvalue weighted by molar-refractivity contribution is 6.16. The zero-order valence-corrected chi connectivity index (χ0v) is 17.5. The smallest absolute Gasteiger partial charge is 0.328 e. The number of hydrogen-bond donors (Lipinski definition) is 0. The summed E-state index contributed by atoms with van der Waals surface area (Å²) in [6.07, 6.45) is -0.998. The maximum atomic E-state index is 14.0. The van der Waals surface area contributed by atoms with Crippen LogP contribution in [0.5, 0.6) is 17.2 Å². The minimum absolute atomic E-state index is 0.423. The second kappa shape index (κ2) is 8.14. The first-order valence-electron chi connectivity index (χ1n) is 9.73. The molecule has 0 radical (unpaired) electrons. The lowest BCUT2D eigenvalue weighted by atomic mass is 9.67. The highest BCUT2D eigenvalue weighted by Crippen LogP contribution is 2.48. The number of benzene rings is 3. The summed E-state index contributed by atoms with van der Waals surface area (Å²) in [6, 6.07) is 20.9. The van der Waals surface area contributed by atoms with Crippen LogP contribution in [-0.2, 0) is 19.7 Å². The van der Waals surface area contributed by atoms with Gasteiger partial charge in [-0.1, -0.05) is 42.5 Å². The Kier molecular flexibility index (Phi) is 5.38. The standard InChI is InChI=1S/C25H22O6/c1-28-18-12-8-16(9-13-18)22-23(26)25(24(27)30-3,17-10-14-19(29-2)15-11-17)20-6-4-5-7-21(20)31-22/h4-15,22H,1-3H3. The molecule has 2 atom stereocenters. The van der Waals surface area contributed by atoms with Crippen molar-refractivity contribution in [2.45, 2.75) is 11.5 Å². The number of fused-ring (bicyclic) bond motifs is 1. The fourth-order valence-electron chi connectivity index (χ4n) is 4.01. The van der Waals surface area contributed by atoms with Gasteiger partial charge in [-0.05, 0) is 35.9 Å². The van der Waals surface area contributed by atoms with Gasteiger partial charge in [0.2, 0.25) is 5.78 Å². The van der Waals surface area contributed by atoms with E-state index >= 15 is 0 Å². The maximum Gasteiger partial charge on any atom is 0.328 e. The number of ketones is 1. The van der Waals surface area contributed by atoms with Gasteiger partial charge in [0, 0.05) is 11.1 Å². The predicted molar refractivity (Wildman–Crippen MR) is 114 cm³/mol. The van der Waals surface area contributed by atoms with Crippen molar-refractivity contribution in [2.24, 2.45) is 0 Å². The van der Waals surface area contributed by atoms with E-state index in [1.807, 2.05) is 0 Å². The minimum atomic E-state index is -1.68. The zero-order chi connectivity index (χ0) is 22.0. The second-order valence-corrected chi connectivity index (χ2v) is 7.10. The number of carbonyl (C=O) groups excluding carboxylic acids is 2. The molecule has 0 bridgehead atoms. The third kappa shape index (κ3) is 3.20. The SMILES string of the molecule is COC(=O)C1(c2ccc(OC)cc2)C(=O)C(c2ccc(OC)cc2)Oc2ccccc21. The molecule has 0 aliphatic carbocycles. The van der Waals surface area contributed by atoms with E-state index in [1.165, 1.54) is 7.11 Å². The molecule has 4 rings (SSSR count). The van der Waals surface area contributed by atoms with Crippen LogP contribution in [0.3, 0.4) is 0 Å². The molecule has 1 aliphatic rings. The van der Waals surface area contributed by atoms with E-state index in [9.17, 15) is 9.59 Å². The molecule has 158 valence electrons. The Labute approximate surface area is 180 Å². The molecule has 0 aromatic heterocycles. The quantitative estimate of drug-likeness (QED) is 0.463. The maximum absolute atomic E-state index is 14.0. The van der Waals surface area contributed by atoms with Gasteiger partial charge in [0.15, 0.2) is 11.5 Å². The molecule has 0 saturated heterocycles. The Morgan fingerprint density at radius 2 is 1.42 bits per heavy atom. The molecule has 2 unspecified atom stereocenters. The van der Waals surface area contributed by atoms with Gasteiger partial charge in [0.05, 0.1) is 21.3 Å². The van der Waals surface area contributed by atoms with Crippen molar-refractivity contribution in [3.8, 4) is 17.2 Å². The molecule has 1 heterocycles. The highest BCUT2D eigenvalue weighted by atomic mass is 16.5. The van der Waals surface area contributed by atoms with E-state index in [-0.39, 0.29) is 0 Å². The molecule has 6 heteroatoms. The normalized spacial score (nSPS) is 19.7. The molecule has 6 nitrogen and oxygen atoms in total. The number of hydrogen-bond acceptors (Lipinski definition) is 6. The van der Waals surface area contributed by atoms with Crippen LogP contribution in [0, 0.1) is 0 Å². The van der Waals surface area contributed by atoms with Gasteiger partial charge in [-0.2, -0.15) is 0 Å². The number of methoxy groups -OCH3 is 3. The first kappa shape index (κ1) is 20.5. The zero-order valence-electron chi connectivity index (χ0n) is 17.5. The third-order valence-electron chi connectivity index (χ3n) is 5.58. The Hall–Kier alpha value is -3.80. The summed E-state index contributed by atoms with van der Waals surface area (Å²) in [5.74, 6) is 0.625. The molecular formula is C25H22O6. The lowest BCUT2D eigenvalue weighted by molar-refractivity contribution is -0.153. The van der Waals surface area contributed by atoms with Crippen LogP contribution in [0.1, 0.15) is 22.8 Å². The van der Waals surface area contributed by atoms with E-state index in [4.69, 9.17) is 18.9 Å². The van der Waals surface area contributed by atoms with Crippen LogP contribution >= 0.6 is 0 Å². The van der Waals surface area contributed by atoms with Gasteiger partial charge in [-0.3, -0.25) is 9.59 Å². The van der Waals surface area contributed by atoms with Crippen LogP contribution in [0.2, 0.25) is 0 Å². The van der Waals surface area contributed by atoms with Crippen LogP contribution in [0.15, 0.2) is 72.8 Å². The van der Waals surface area contributed by atoms with Crippen LogP contribution in [0.4, 0.5) is 0 Å². The van der Waals surface area contributed by atoms with Crippen molar-refractivity contribution in [3.05, 3.63) is 89.5 Å². The number of Topliss-reactive ketones (excluding diaryl/α,β-unsaturated/α-hetero) is 1. The number of carbonyl (C=O) groups is 2. The van der Waals surface area contributed by atoms with Crippen molar-refractivity contribution >= 4 is 11.8 Å². The fourth-order valence-corrected chi connectivity index (χ4v) is 4.01. The van der Waals surface area contributed by atoms with Crippen molar-refractivity contribution in [2.75, 3.05) is 21.3 Å². The molecule has 0 N–H and O–H groups in total. The molecule has 31 heavy (non-hydrogen) atoms. The van der Waals surface area contributed by atoms with E-state index in [1.54, 1.807) is 87.0 Å². The lowest BCUT2D eigenvalue weighted by Crippen LogP contribution is -2.51. The average molecular weight is 418 g/mol. The van der Waals surface area contributed by atoms with E-state index in [0.29, 0.717) is 33.9 Å². The Morgan fingerprint density at radius 1 is 0.839 bits per heavy atom. The first-order chi connectivity index (χ1) is 15.1. The van der Waals surface area contributed by atoms with E-state index in [2.05, 4.69) is 0 Å². The Morgan fingerprint density at radius 3 is 2.00 bits per heavy atom. The molecule has 0 saturated carbocycles. The van der Waals surface area contributed by atoms with Gasteiger partial charge in [-0.25, -0.2) is 0 Å². The largest absolute Gasteiger partial charge is 0.497 e. The summed E-state index contributed by atoms with van der Waals surface area (Å²) in [7, 11) is 4.40. The Balaban J connectivity index is 1.96. The van der Waals surface area contributed by atoms with E-state index < -0.39 is 23.3 Å². The van der Waals surface area contributed by atoms with Gasteiger partial charge < -0.3 is 18.9 Å². The predicted octanol–water partition coefficient (Wildman–Crippen LogP) is 3.87. The molecule has 0 fully saturated rings. The van der Waals surface area contributed by atoms with Crippen molar-refractivity contribution in [3.63, 3.8) is 0 Å². The summed E-state index contributed by atoms with van der Waals surface area (Å²) < 4.78 is 21.7. The summed E-state index contributed by atoms with van der Waals surface area (Å²) in [6.45, 7) is 0. The summed E-state index contributed by atoms with van der Waals surface area (Å²) in [5, 5.41) is 0. The van der Waals surface area contributed by atoms with Crippen molar-refractivity contribution in [1.82, 2.24) is 0 Å². The van der Waals surface area contributed by atoms with Crippen molar-refractivity contribution in [1.29, 1.82) is 0 Å². The third-order valence-corrected chi connectivity index (χ3v) is 5.58. The van der Waals surface area contributed by atoms with Gasteiger partial charge in [-0.15, -0.1) is 0 Å². The molecule has 0 amide bonds. The first-order valence-corrected chi connectivity index (χ1v) is 9.73. The van der Waals surface area contributed by atoms with Crippen LogP contribution < -0.4 is 14.2 Å². The topological polar surface area (TPSA) is 71.1 Å². The second-order valence-electron chi connectivity index (χ2n) is 7.10. The van der Waals surface area contributed by atoms with E-state index in [0.717, 1.165) is 0 Å².